The molecule has 0 atom stereocenters. The topological polar surface area (TPSA) is 80.6 Å². The maximum Gasteiger partial charge on any atom is 0.335 e. The Bertz CT molecular complexity index is 1520. The minimum Gasteiger partial charge on any atom is -0.495 e. The first-order valence-corrected chi connectivity index (χ1v) is 11.2. The van der Waals surface area contributed by atoms with Gasteiger partial charge in [-0.25, -0.2) is 9.69 Å². The summed E-state index contributed by atoms with van der Waals surface area (Å²) in [6.45, 7) is 0.542. The second kappa shape index (κ2) is 9.12. The van der Waals surface area contributed by atoms with Crippen LogP contribution in [-0.2, 0) is 16.1 Å². The highest BCUT2D eigenvalue weighted by atomic mass is 35.5. The molecule has 5 rings (SSSR count). The Balaban J connectivity index is 1.49. The zero-order chi connectivity index (χ0) is 24.5. The van der Waals surface area contributed by atoms with Crippen LogP contribution in [0.25, 0.3) is 16.8 Å². The highest BCUT2D eigenvalue weighted by Gasteiger charge is 2.37. The van der Waals surface area contributed by atoms with E-state index in [1.165, 1.54) is 25.3 Å². The number of methoxy groups -OCH3 is 1. The number of amides is 4. The lowest BCUT2D eigenvalue weighted by atomic mass is 10.0. The molecule has 0 bridgehead atoms. The number of nitrogens with one attached hydrogen (secondary N) is 1. The summed E-state index contributed by atoms with van der Waals surface area (Å²) < 4.78 is 7.08. The number of rotatable bonds is 5. The summed E-state index contributed by atoms with van der Waals surface area (Å²) in [5, 5.41) is 4.73. The Morgan fingerprint density at radius 3 is 2.57 bits per heavy atom. The molecule has 7 nitrogen and oxygen atoms in total. The van der Waals surface area contributed by atoms with Gasteiger partial charge in [-0.2, -0.15) is 0 Å². The second-order valence-electron chi connectivity index (χ2n) is 7.98. The number of hydrogen-bond donors (Lipinski definition) is 1. The van der Waals surface area contributed by atoms with E-state index in [0.29, 0.717) is 18.0 Å². The molecule has 4 aromatic rings. The largest absolute Gasteiger partial charge is 0.495 e. The molecule has 0 aliphatic carbocycles. The highest BCUT2D eigenvalue weighted by molar-refractivity contribution is 6.39. The average Bonchev–Trinajstić information content (AvgIpc) is 3.28. The van der Waals surface area contributed by atoms with Gasteiger partial charge in [-0.15, -0.1) is 0 Å². The molecule has 0 spiro atoms. The number of hydrogen-bond acceptors (Lipinski definition) is 4. The van der Waals surface area contributed by atoms with Gasteiger partial charge in [0, 0.05) is 18.4 Å². The number of carbonyl (C=O) groups is 3. The first kappa shape index (κ1) is 22.4. The Morgan fingerprint density at radius 2 is 1.77 bits per heavy atom. The van der Waals surface area contributed by atoms with Crippen molar-refractivity contribution < 1.29 is 19.1 Å². The lowest BCUT2D eigenvalue weighted by Gasteiger charge is -2.26. The third kappa shape index (κ3) is 4.18. The summed E-state index contributed by atoms with van der Waals surface area (Å²) in [5.74, 6) is -1.09. The Kier molecular flexibility index (Phi) is 5.84. The molecule has 1 aliphatic rings. The molecule has 174 valence electrons. The van der Waals surface area contributed by atoms with E-state index >= 15 is 0 Å². The van der Waals surface area contributed by atoms with E-state index in [2.05, 4.69) is 23.5 Å². The highest BCUT2D eigenvalue weighted by Crippen LogP contribution is 2.31. The monoisotopic (exact) mass is 485 g/mol. The van der Waals surface area contributed by atoms with E-state index in [-0.39, 0.29) is 16.3 Å². The lowest BCUT2D eigenvalue weighted by Crippen LogP contribution is -2.54. The van der Waals surface area contributed by atoms with Crippen LogP contribution in [0, 0.1) is 0 Å². The van der Waals surface area contributed by atoms with Crippen LogP contribution in [0.1, 0.15) is 11.3 Å². The van der Waals surface area contributed by atoms with Gasteiger partial charge in [-0.1, -0.05) is 54.1 Å². The number of carbonyl (C=O) groups excluding carboxylic acids is 3. The quantitative estimate of drug-likeness (QED) is 0.318. The molecule has 0 saturated carbocycles. The number of barbiturate groups is 1. The number of anilines is 1. The molecule has 3 aromatic carbocycles. The van der Waals surface area contributed by atoms with E-state index in [1.807, 2.05) is 47.2 Å². The summed E-state index contributed by atoms with van der Waals surface area (Å²) in [5.41, 5.74) is 1.82. The van der Waals surface area contributed by atoms with Crippen LogP contribution in [-0.4, -0.2) is 29.5 Å². The molecule has 0 radical (unpaired) electrons. The Morgan fingerprint density at radius 1 is 0.971 bits per heavy atom. The van der Waals surface area contributed by atoms with Crippen molar-refractivity contribution in [2.45, 2.75) is 6.54 Å². The fourth-order valence-corrected chi connectivity index (χ4v) is 4.40. The zero-order valence-corrected chi connectivity index (χ0v) is 19.5. The van der Waals surface area contributed by atoms with Crippen molar-refractivity contribution in [3.63, 3.8) is 0 Å². The molecule has 1 aliphatic heterocycles. The number of ether oxygens (including phenoxy) is 1. The van der Waals surface area contributed by atoms with Gasteiger partial charge in [0.1, 0.15) is 11.3 Å². The fourth-order valence-electron chi connectivity index (χ4n) is 4.15. The molecular weight excluding hydrogens is 466 g/mol. The predicted octanol–water partition coefficient (Wildman–Crippen LogP) is 5.02. The Hall–Kier alpha value is -4.36. The van der Waals surface area contributed by atoms with Gasteiger partial charge >= 0.3 is 6.03 Å². The molecule has 0 unspecified atom stereocenters. The Labute approximate surface area is 206 Å². The minimum absolute atomic E-state index is 0.158. The number of urea groups is 1. The number of fused-ring (bicyclic) bond motifs is 1. The van der Waals surface area contributed by atoms with E-state index < -0.39 is 17.8 Å². The standard InChI is InChI=1S/C27H20ClN3O4/c1-35-24-12-11-20(15-23(24)28)31-26(33)22(25(32)29-27(31)34)14-19-9-5-13-30(19)16-18-8-4-7-17-6-2-3-10-21(17)18/h2-15H,16H2,1H3,(H,29,32,34)/b22-14+. The third-order valence-electron chi connectivity index (χ3n) is 5.87. The van der Waals surface area contributed by atoms with E-state index in [1.54, 1.807) is 6.07 Å². The first-order chi connectivity index (χ1) is 17.0. The van der Waals surface area contributed by atoms with Crippen molar-refractivity contribution in [1.29, 1.82) is 0 Å². The number of aromatic nitrogens is 1. The molecular formula is C27H20ClN3O4. The molecule has 35 heavy (non-hydrogen) atoms. The summed E-state index contributed by atoms with van der Waals surface area (Å²) in [6.07, 6.45) is 3.37. The summed E-state index contributed by atoms with van der Waals surface area (Å²) in [6, 6.07) is 21.5. The van der Waals surface area contributed by atoms with Crippen molar-refractivity contribution in [1.82, 2.24) is 9.88 Å². The minimum atomic E-state index is -0.843. The average molecular weight is 486 g/mol. The summed E-state index contributed by atoms with van der Waals surface area (Å²) in [7, 11) is 1.46. The van der Waals surface area contributed by atoms with Gasteiger partial charge in [-0.3, -0.25) is 14.9 Å². The van der Waals surface area contributed by atoms with Crippen LogP contribution >= 0.6 is 11.6 Å². The van der Waals surface area contributed by atoms with Gasteiger partial charge in [0.2, 0.25) is 0 Å². The van der Waals surface area contributed by atoms with Crippen LogP contribution in [0.5, 0.6) is 5.75 Å². The van der Waals surface area contributed by atoms with Gasteiger partial charge in [0.25, 0.3) is 11.8 Å². The molecule has 4 amide bonds. The van der Waals surface area contributed by atoms with E-state index in [0.717, 1.165) is 21.2 Å². The van der Waals surface area contributed by atoms with Crippen molar-refractivity contribution in [3.05, 3.63) is 101 Å². The zero-order valence-electron chi connectivity index (χ0n) is 18.7. The number of nitrogens with zero attached hydrogens (tertiary/aromatic N) is 2. The fraction of sp³-hybridized carbons (Fsp3) is 0.0741. The molecule has 8 heteroatoms. The van der Waals surface area contributed by atoms with Crippen molar-refractivity contribution in [2.24, 2.45) is 0 Å². The van der Waals surface area contributed by atoms with Gasteiger partial charge in [0.15, 0.2) is 0 Å². The summed E-state index contributed by atoms with van der Waals surface area (Å²) >= 11 is 6.18. The molecule has 1 N–H and O–H groups in total. The molecule has 1 saturated heterocycles. The molecule has 1 fully saturated rings. The maximum absolute atomic E-state index is 13.3. The SMILES string of the molecule is COc1ccc(N2C(=O)NC(=O)/C(=C\c3cccn3Cc3cccc4ccccc34)C2=O)cc1Cl. The predicted molar refractivity (Wildman–Crippen MR) is 134 cm³/mol. The normalized spacial score (nSPS) is 15.1. The van der Waals surface area contributed by atoms with Crippen molar-refractivity contribution >= 4 is 52.0 Å². The van der Waals surface area contributed by atoms with Crippen LogP contribution in [0.4, 0.5) is 10.5 Å². The lowest BCUT2D eigenvalue weighted by molar-refractivity contribution is -0.122. The van der Waals surface area contributed by atoms with Crippen LogP contribution in [0.3, 0.4) is 0 Å². The van der Waals surface area contributed by atoms with Crippen LogP contribution in [0.15, 0.2) is 84.6 Å². The van der Waals surface area contributed by atoms with Crippen molar-refractivity contribution in [3.8, 4) is 5.75 Å². The van der Waals surface area contributed by atoms with Gasteiger partial charge in [0.05, 0.1) is 17.8 Å². The molecule has 1 aromatic heterocycles. The van der Waals surface area contributed by atoms with Gasteiger partial charge < -0.3 is 9.30 Å². The van der Waals surface area contributed by atoms with E-state index in [4.69, 9.17) is 16.3 Å². The smallest absolute Gasteiger partial charge is 0.335 e. The second-order valence-corrected chi connectivity index (χ2v) is 8.38. The third-order valence-corrected chi connectivity index (χ3v) is 6.17. The molecule has 2 heterocycles. The number of imide groups is 2. The van der Waals surface area contributed by atoms with Crippen molar-refractivity contribution in [2.75, 3.05) is 12.0 Å². The maximum atomic E-state index is 13.3. The van der Waals surface area contributed by atoms with Crippen LogP contribution < -0.4 is 15.0 Å². The van der Waals surface area contributed by atoms with E-state index in [9.17, 15) is 14.4 Å². The number of benzene rings is 3. The number of halogens is 1. The summed E-state index contributed by atoms with van der Waals surface area (Å²) in [4.78, 5) is 39.3. The first-order valence-electron chi connectivity index (χ1n) is 10.8. The van der Waals surface area contributed by atoms with Gasteiger partial charge in [-0.05, 0) is 52.7 Å². The van der Waals surface area contributed by atoms with Crippen LogP contribution in [0.2, 0.25) is 5.02 Å².